The average Bonchev–Trinajstić information content (AvgIpc) is 3.40. The Kier molecular flexibility index (Phi) is 7.27. The molecule has 2 saturated heterocycles. The summed E-state index contributed by atoms with van der Waals surface area (Å²) in [5.74, 6) is 5.51. The summed E-state index contributed by atoms with van der Waals surface area (Å²) in [6.07, 6.45) is 1.05. The standard InChI is InChI=1S/C24H23F5N6OS2/c1-14-31-12-18(37-14)22(36)30-8-3-4-16-21(38-24(27,28)29)17-5-2-6-20(35(17)33-16)32-23-7-9-34(13-19(25)26)15(10-23)11-23/h2,5-6,12,15,19,32H,7-11,13H2,1H3,(H,30,36). The first-order chi connectivity index (χ1) is 18.0. The number of thioether (sulfide) groups is 1. The van der Waals surface area contributed by atoms with Gasteiger partial charge in [-0.1, -0.05) is 12.0 Å². The van der Waals surface area contributed by atoms with Crippen LogP contribution in [0.4, 0.5) is 27.8 Å². The smallest absolute Gasteiger partial charge is 0.364 e. The van der Waals surface area contributed by atoms with Crippen molar-refractivity contribution in [1.82, 2.24) is 24.8 Å². The van der Waals surface area contributed by atoms with Gasteiger partial charge in [0.25, 0.3) is 12.3 Å². The molecule has 0 unspecified atom stereocenters. The number of rotatable bonds is 7. The Morgan fingerprint density at radius 2 is 2.13 bits per heavy atom. The van der Waals surface area contributed by atoms with Crippen LogP contribution in [0, 0.1) is 18.8 Å². The predicted octanol–water partition coefficient (Wildman–Crippen LogP) is 4.78. The zero-order chi connectivity index (χ0) is 27.1. The maximum atomic E-state index is 13.4. The van der Waals surface area contributed by atoms with E-state index in [0.717, 1.165) is 5.01 Å². The molecule has 0 spiro atoms. The molecule has 6 rings (SSSR count). The highest BCUT2D eigenvalue weighted by Gasteiger charge is 2.51. The summed E-state index contributed by atoms with van der Waals surface area (Å²) in [5, 5.41) is 11.1. The van der Waals surface area contributed by atoms with Crippen LogP contribution in [0.15, 0.2) is 29.3 Å². The molecule has 1 saturated carbocycles. The first kappa shape index (κ1) is 26.7. The highest BCUT2D eigenvalue weighted by molar-refractivity contribution is 8.00. The van der Waals surface area contributed by atoms with Crippen LogP contribution < -0.4 is 10.6 Å². The molecule has 2 N–H and O–H groups in total. The Morgan fingerprint density at radius 1 is 1.34 bits per heavy atom. The van der Waals surface area contributed by atoms with Gasteiger partial charge in [-0.05, 0) is 56.0 Å². The van der Waals surface area contributed by atoms with Gasteiger partial charge in [-0.25, -0.2) is 18.3 Å². The van der Waals surface area contributed by atoms with Crippen LogP contribution in [0.5, 0.6) is 0 Å². The normalized spacial score (nSPS) is 21.2. The minimum Gasteiger partial charge on any atom is -0.364 e. The molecule has 3 fully saturated rings. The number of pyridine rings is 1. The fourth-order valence-corrected chi connectivity index (χ4v) is 6.32. The molecule has 0 aromatic carbocycles. The minimum absolute atomic E-state index is 0.0554. The Bertz CT molecular complexity index is 1400. The van der Waals surface area contributed by atoms with Crippen LogP contribution in [0.2, 0.25) is 0 Å². The third-order valence-electron chi connectivity index (χ3n) is 6.63. The van der Waals surface area contributed by atoms with Gasteiger partial charge < -0.3 is 10.6 Å². The predicted molar refractivity (Wildman–Crippen MR) is 135 cm³/mol. The number of aryl methyl sites for hydroxylation is 1. The van der Waals surface area contributed by atoms with E-state index in [9.17, 15) is 26.7 Å². The van der Waals surface area contributed by atoms with E-state index < -0.39 is 11.9 Å². The van der Waals surface area contributed by atoms with E-state index in [1.165, 1.54) is 28.1 Å². The number of amides is 1. The molecular weight excluding hydrogens is 547 g/mol. The van der Waals surface area contributed by atoms with Crippen LogP contribution in [-0.2, 0) is 0 Å². The Morgan fingerprint density at radius 3 is 2.76 bits per heavy atom. The van der Waals surface area contributed by atoms with Crippen molar-refractivity contribution in [2.75, 3.05) is 25.0 Å². The first-order valence-electron chi connectivity index (χ1n) is 11.8. The topological polar surface area (TPSA) is 74.6 Å². The minimum atomic E-state index is -4.56. The zero-order valence-corrected chi connectivity index (χ0v) is 21.7. The lowest BCUT2D eigenvalue weighted by molar-refractivity contribution is -0.0327. The number of fused-ring (bicyclic) bond motifs is 3. The quantitative estimate of drug-likeness (QED) is 0.242. The highest BCUT2D eigenvalue weighted by Crippen LogP contribution is 2.46. The second kappa shape index (κ2) is 10.3. The molecule has 5 heterocycles. The summed E-state index contributed by atoms with van der Waals surface area (Å²) in [7, 11) is 0. The lowest BCUT2D eigenvalue weighted by Crippen LogP contribution is -2.65. The summed E-state index contributed by atoms with van der Waals surface area (Å²) < 4.78 is 67.3. The Labute approximate surface area is 223 Å². The van der Waals surface area contributed by atoms with E-state index in [1.54, 1.807) is 24.0 Å². The largest absolute Gasteiger partial charge is 0.446 e. The maximum Gasteiger partial charge on any atom is 0.446 e. The number of piperidine rings is 2. The van der Waals surface area contributed by atoms with Gasteiger partial charge >= 0.3 is 5.51 Å². The number of thiazole rings is 1. The Hall–Kier alpha value is -2.89. The van der Waals surface area contributed by atoms with Gasteiger partial charge in [-0.2, -0.15) is 18.3 Å². The van der Waals surface area contributed by atoms with Gasteiger partial charge in [0.15, 0.2) is 0 Å². The maximum absolute atomic E-state index is 13.4. The van der Waals surface area contributed by atoms with Crippen LogP contribution in [0.25, 0.3) is 5.52 Å². The number of carbonyl (C=O) groups excluding carboxylic acids is 1. The van der Waals surface area contributed by atoms with Gasteiger partial charge in [0.05, 0.1) is 34.7 Å². The van der Waals surface area contributed by atoms with Crippen molar-refractivity contribution in [2.24, 2.45) is 0 Å². The van der Waals surface area contributed by atoms with Gasteiger partial charge in [-0.15, -0.1) is 11.3 Å². The second-order valence-corrected chi connectivity index (χ2v) is 11.6. The molecule has 0 atom stereocenters. The number of alkyl halides is 5. The van der Waals surface area contributed by atoms with Crippen molar-refractivity contribution in [3.05, 3.63) is 40.0 Å². The number of hydrogen-bond acceptors (Lipinski definition) is 7. The molecule has 3 aliphatic rings. The molecule has 38 heavy (non-hydrogen) atoms. The third-order valence-corrected chi connectivity index (χ3v) is 8.38. The summed E-state index contributed by atoms with van der Waals surface area (Å²) >= 11 is 0.937. The van der Waals surface area contributed by atoms with Gasteiger partial charge in [0, 0.05) is 18.1 Å². The van der Waals surface area contributed by atoms with Crippen molar-refractivity contribution in [3.8, 4) is 11.8 Å². The highest BCUT2D eigenvalue weighted by atomic mass is 32.2. The molecule has 3 aromatic rings. The van der Waals surface area contributed by atoms with Crippen LogP contribution in [0.1, 0.15) is 39.6 Å². The zero-order valence-electron chi connectivity index (χ0n) is 20.1. The molecular formula is C24H23F5N6OS2. The van der Waals surface area contributed by atoms with E-state index in [0.29, 0.717) is 36.5 Å². The molecule has 0 radical (unpaired) electrons. The van der Waals surface area contributed by atoms with E-state index in [4.69, 9.17) is 0 Å². The number of carbonyl (C=O) groups is 1. The fraction of sp³-hybridized carbons (Fsp3) is 0.458. The van der Waals surface area contributed by atoms with Crippen molar-refractivity contribution in [3.63, 3.8) is 0 Å². The fourth-order valence-electron chi connectivity index (χ4n) is 4.94. The molecule has 1 aliphatic carbocycles. The third kappa shape index (κ3) is 5.74. The first-order valence-corrected chi connectivity index (χ1v) is 13.4. The molecule has 2 aliphatic heterocycles. The van der Waals surface area contributed by atoms with Crippen molar-refractivity contribution < 1.29 is 26.7 Å². The Balaban J connectivity index is 1.36. The number of halogens is 5. The summed E-state index contributed by atoms with van der Waals surface area (Å²) in [6, 6.07) is 4.97. The lowest BCUT2D eigenvalue weighted by atomic mass is 9.66. The summed E-state index contributed by atoms with van der Waals surface area (Å²) in [5.41, 5.74) is -4.68. The monoisotopic (exact) mass is 570 g/mol. The van der Waals surface area contributed by atoms with Crippen molar-refractivity contribution in [1.29, 1.82) is 0 Å². The van der Waals surface area contributed by atoms with Crippen LogP contribution in [0.3, 0.4) is 0 Å². The molecule has 3 aromatic heterocycles. The number of anilines is 1. The molecule has 14 heteroatoms. The van der Waals surface area contributed by atoms with Gasteiger partial charge in [-0.3, -0.25) is 9.69 Å². The molecule has 2 bridgehead atoms. The van der Waals surface area contributed by atoms with E-state index in [1.807, 2.05) is 0 Å². The molecule has 202 valence electrons. The van der Waals surface area contributed by atoms with Crippen LogP contribution in [-0.4, -0.2) is 68.6 Å². The van der Waals surface area contributed by atoms with E-state index in [2.05, 4.69) is 32.6 Å². The lowest BCUT2D eigenvalue weighted by Gasteiger charge is -2.58. The molecule has 1 amide bonds. The SMILES string of the molecule is Cc1ncc(C(=O)NCC#Cc2nn3c(NC45CCN(CC(F)F)C(C4)C5)cccc3c2SC(F)(F)F)s1. The molecule has 7 nitrogen and oxygen atoms in total. The number of nitrogens with zero attached hydrogens (tertiary/aromatic N) is 4. The van der Waals surface area contributed by atoms with E-state index >= 15 is 0 Å². The summed E-state index contributed by atoms with van der Waals surface area (Å²) in [6.45, 7) is 1.97. The van der Waals surface area contributed by atoms with Crippen molar-refractivity contribution in [2.45, 2.75) is 54.6 Å². The van der Waals surface area contributed by atoms with E-state index in [-0.39, 0.29) is 58.4 Å². The van der Waals surface area contributed by atoms with Gasteiger partial charge in [0.2, 0.25) is 0 Å². The summed E-state index contributed by atoms with van der Waals surface area (Å²) in [4.78, 5) is 18.3. The second-order valence-electron chi connectivity index (χ2n) is 9.27. The number of nitrogens with one attached hydrogen (secondary N) is 2. The van der Waals surface area contributed by atoms with Crippen LogP contribution >= 0.6 is 23.1 Å². The number of hydrogen-bond donors (Lipinski definition) is 2. The average molecular weight is 571 g/mol. The number of aromatic nitrogens is 3. The van der Waals surface area contributed by atoms with Crippen molar-refractivity contribution >= 4 is 40.3 Å². The van der Waals surface area contributed by atoms with Gasteiger partial charge in [0.1, 0.15) is 16.4 Å².